The van der Waals surface area contributed by atoms with Gasteiger partial charge in [-0.15, -0.1) is 0 Å². The van der Waals surface area contributed by atoms with E-state index in [1.54, 1.807) is 0 Å². The van der Waals surface area contributed by atoms with Crippen molar-refractivity contribution < 1.29 is 9.47 Å². The van der Waals surface area contributed by atoms with Crippen LogP contribution >= 0.6 is 0 Å². The molecule has 0 spiro atoms. The van der Waals surface area contributed by atoms with Crippen LogP contribution < -0.4 is 14.8 Å². The van der Waals surface area contributed by atoms with E-state index >= 15 is 0 Å². The molecule has 0 saturated heterocycles. The predicted molar refractivity (Wildman–Crippen MR) is 260 cm³/mol. The smallest absolute Gasteiger partial charge is 0.173 e. The Morgan fingerprint density at radius 2 is 1.14 bits per heavy atom. The Morgan fingerprint density at radius 3 is 1.83 bits per heavy atom. The van der Waals surface area contributed by atoms with E-state index in [4.69, 9.17) is 19.5 Å². The van der Waals surface area contributed by atoms with Gasteiger partial charge in [-0.25, -0.2) is 9.98 Å². The van der Waals surface area contributed by atoms with Crippen molar-refractivity contribution in [2.24, 2.45) is 15.9 Å². The molecular formula is C60H47N3O2. The summed E-state index contributed by atoms with van der Waals surface area (Å²) in [6, 6.07) is 67.2. The lowest BCUT2D eigenvalue weighted by Gasteiger charge is -2.48. The molecule has 3 aliphatic heterocycles. The van der Waals surface area contributed by atoms with Crippen LogP contribution in [0.1, 0.15) is 75.5 Å². The van der Waals surface area contributed by atoms with E-state index in [-0.39, 0.29) is 5.92 Å². The number of hydrogen-bond acceptors (Lipinski definition) is 5. The number of rotatable bonds is 7. The molecule has 0 fully saturated rings. The Bertz CT molecular complexity index is 3080. The van der Waals surface area contributed by atoms with Gasteiger partial charge in [0.1, 0.15) is 34.7 Å². The molecule has 5 nitrogen and oxygen atoms in total. The molecule has 314 valence electrons. The number of aryl methyl sites for hydroxylation is 1. The monoisotopic (exact) mass is 841 g/mol. The van der Waals surface area contributed by atoms with Gasteiger partial charge >= 0.3 is 0 Å². The van der Waals surface area contributed by atoms with E-state index in [1.165, 1.54) is 27.8 Å². The fourth-order valence-corrected chi connectivity index (χ4v) is 11.2. The number of benzene rings is 7. The summed E-state index contributed by atoms with van der Waals surface area (Å²) in [6.45, 7) is 2.14. The average molecular weight is 842 g/mol. The summed E-state index contributed by atoms with van der Waals surface area (Å²) in [6.07, 6.45) is 11.1. The van der Waals surface area contributed by atoms with E-state index in [9.17, 15) is 0 Å². The highest BCUT2D eigenvalue weighted by molar-refractivity contribution is 6.17. The summed E-state index contributed by atoms with van der Waals surface area (Å²) < 4.78 is 14.4. The molecule has 7 aromatic carbocycles. The Hall–Kier alpha value is -7.76. The number of aliphatic imine (C=N–C) groups is 2. The lowest BCUT2D eigenvalue weighted by Crippen LogP contribution is -2.46. The van der Waals surface area contributed by atoms with Gasteiger partial charge in [0, 0.05) is 33.7 Å². The number of amidine groups is 2. The van der Waals surface area contributed by atoms with Crippen LogP contribution in [0.25, 0.3) is 0 Å². The number of para-hydroxylation sites is 2. The second-order valence-corrected chi connectivity index (χ2v) is 17.4. The molecule has 0 amide bonds. The number of nitrogens with one attached hydrogen (secondary N) is 1. The predicted octanol–water partition coefficient (Wildman–Crippen LogP) is 13.0. The second-order valence-electron chi connectivity index (χ2n) is 17.4. The quantitative estimate of drug-likeness (QED) is 0.174. The molecule has 7 aromatic rings. The first-order chi connectivity index (χ1) is 32.2. The maximum absolute atomic E-state index is 7.21. The molecule has 65 heavy (non-hydrogen) atoms. The van der Waals surface area contributed by atoms with E-state index in [0.29, 0.717) is 5.84 Å². The first-order valence-corrected chi connectivity index (χ1v) is 22.8. The normalized spacial score (nSPS) is 19.8. The van der Waals surface area contributed by atoms with Gasteiger partial charge in [0.15, 0.2) is 6.17 Å². The molecule has 2 aliphatic carbocycles. The van der Waals surface area contributed by atoms with Crippen molar-refractivity contribution in [1.29, 1.82) is 0 Å². The molecule has 12 rings (SSSR count). The minimum absolute atomic E-state index is 0.0837. The van der Waals surface area contributed by atoms with Crippen molar-refractivity contribution in [2.75, 3.05) is 0 Å². The van der Waals surface area contributed by atoms with Crippen LogP contribution in [0.4, 0.5) is 0 Å². The minimum atomic E-state index is -0.652. The van der Waals surface area contributed by atoms with Crippen LogP contribution in [0.2, 0.25) is 0 Å². The van der Waals surface area contributed by atoms with Crippen molar-refractivity contribution in [3.05, 3.63) is 285 Å². The highest BCUT2D eigenvalue weighted by Gasteiger charge is 2.52. The molecule has 2 atom stereocenters. The standard InChI is InChI=1S/C60H47N3O2/c1-40-22-14-15-31-45(40)56-61-57(46-32-20-36-50-54(46)64-52-38-18-16-34-48(52)59(50,41-23-6-2-7-24-41)42-25-8-3-9-26-42)63-58(62-56)47-33-21-37-51-55(47)65-53-39-19-17-35-49(53)60(51,43-27-10-4-11-28-43)44-29-12-5-13-30-44/h2-16,18,20-35,37-39,50,58H,17,19,36H2,1H3,(H,61,62,63). The average Bonchev–Trinajstić information content (AvgIpc) is 3.38. The first kappa shape index (κ1) is 38.9. The fourth-order valence-electron chi connectivity index (χ4n) is 11.2. The summed E-state index contributed by atoms with van der Waals surface area (Å²) in [5.74, 6) is 4.78. The Morgan fingerprint density at radius 1 is 0.554 bits per heavy atom. The molecule has 3 heterocycles. The van der Waals surface area contributed by atoms with Crippen LogP contribution in [-0.2, 0) is 10.8 Å². The molecule has 1 N–H and O–H groups in total. The molecule has 2 unspecified atom stereocenters. The number of hydrogen-bond donors (Lipinski definition) is 1. The third kappa shape index (κ3) is 6.06. The topological polar surface area (TPSA) is 55.2 Å². The van der Waals surface area contributed by atoms with Gasteiger partial charge in [-0.05, 0) is 66.1 Å². The lowest BCUT2D eigenvalue weighted by molar-refractivity contribution is 0.248. The molecular weight excluding hydrogens is 795 g/mol. The lowest BCUT2D eigenvalue weighted by atomic mass is 9.58. The molecule has 5 heteroatoms. The van der Waals surface area contributed by atoms with Gasteiger partial charge < -0.3 is 14.8 Å². The van der Waals surface area contributed by atoms with Crippen molar-refractivity contribution in [2.45, 2.75) is 43.2 Å². The van der Waals surface area contributed by atoms with Crippen molar-refractivity contribution in [1.82, 2.24) is 5.32 Å². The maximum Gasteiger partial charge on any atom is 0.173 e. The number of nitrogens with zero attached hydrogens (tertiary/aromatic N) is 2. The van der Waals surface area contributed by atoms with Gasteiger partial charge in [0.25, 0.3) is 0 Å². The largest absolute Gasteiger partial charge is 0.460 e. The third-order valence-corrected chi connectivity index (χ3v) is 14.0. The number of fused-ring (bicyclic) bond motifs is 4. The molecule has 0 aromatic heterocycles. The van der Waals surface area contributed by atoms with E-state index in [0.717, 1.165) is 81.5 Å². The van der Waals surface area contributed by atoms with Gasteiger partial charge in [-0.1, -0.05) is 200 Å². The molecule has 0 radical (unpaired) electrons. The third-order valence-electron chi connectivity index (χ3n) is 14.0. The van der Waals surface area contributed by atoms with E-state index < -0.39 is 17.0 Å². The summed E-state index contributed by atoms with van der Waals surface area (Å²) in [5, 5.41) is 3.79. The second kappa shape index (κ2) is 15.8. The van der Waals surface area contributed by atoms with Gasteiger partial charge in [0.05, 0.1) is 16.4 Å². The number of allylic oxidation sites excluding steroid dienone is 5. The minimum Gasteiger partial charge on any atom is -0.460 e. The molecule has 0 bridgehead atoms. The Labute approximate surface area is 380 Å². The Kier molecular flexibility index (Phi) is 9.45. The summed E-state index contributed by atoms with van der Waals surface area (Å²) in [7, 11) is 0. The van der Waals surface area contributed by atoms with Gasteiger partial charge in [-0.3, -0.25) is 0 Å². The maximum atomic E-state index is 7.21. The summed E-state index contributed by atoms with van der Waals surface area (Å²) in [4.78, 5) is 11.2. The zero-order valence-corrected chi connectivity index (χ0v) is 36.2. The van der Waals surface area contributed by atoms with Crippen molar-refractivity contribution in [3.8, 4) is 11.5 Å². The van der Waals surface area contributed by atoms with Crippen LogP contribution in [0.5, 0.6) is 11.5 Å². The van der Waals surface area contributed by atoms with E-state index in [2.05, 4.69) is 225 Å². The summed E-state index contributed by atoms with van der Waals surface area (Å²) >= 11 is 0. The summed E-state index contributed by atoms with van der Waals surface area (Å²) in [5.41, 5.74) is 11.0. The zero-order chi connectivity index (χ0) is 43.4. The van der Waals surface area contributed by atoms with E-state index in [1.807, 2.05) is 0 Å². The van der Waals surface area contributed by atoms with Crippen molar-refractivity contribution in [3.63, 3.8) is 0 Å². The SMILES string of the molecule is Cc1ccccc1C1=NC(c2cccc3c2OC2=CCCC=C2C3(c2ccccc2)c2ccccc2)N=C(C2=C3Oc4ccccc4C(c4ccccc4)(c4ccccc4)C3CC=C2)N1. The highest BCUT2D eigenvalue weighted by Crippen LogP contribution is 2.59. The van der Waals surface area contributed by atoms with Crippen LogP contribution in [0.15, 0.2) is 245 Å². The number of ether oxygens (including phenoxy) is 2. The van der Waals surface area contributed by atoms with Crippen LogP contribution in [-0.4, -0.2) is 11.7 Å². The van der Waals surface area contributed by atoms with Crippen molar-refractivity contribution >= 4 is 11.7 Å². The van der Waals surface area contributed by atoms with Gasteiger partial charge in [0.2, 0.25) is 0 Å². The molecule has 5 aliphatic rings. The van der Waals surface area contributed by atoms with Crippen LogP contribution in [0, 0.1) is 12.8 Å². The van der Waals surface area contributed by atoms with Gasteiger partial charge in [-0.2, -0.15) is 0 Å². The molecule has 0 saturated carbocycles. The van der Waals surface area contributed by atoms with Crippen LogP contribution in [0.3, 0.4) is 0 Å². The Balaban J connectivity index is 1.10. The zero-order valence-electron chi connectivity index (χ0n) is 36.2. The highest BCUT2D eigenvalue weighted by atomic mass is 16.5. The first-order valence-electron chi connectivity index (χ1n) is 22.8. The fraction of sp³-hybridized carbons (Fsp3) is 0.133.